The second kappa shape index (κ2) is 3.42. The third-order valence-electron chi connectivity index (χ3n) is 2.46. The summed E-state index contributed by atoms with van der Waals surface area (Å²) in [4.78, 5) is 4.56. The maximum absolute atomic E-state index is 4.56. The summed E-state index contributed by atoms with van der Waals surface area (Å²) in [5, 5.41) is 3.12. The second-order valence-electron chi connectivity index (χ2n) is 3.61. The third-order valence-corrected chi connectivity index (χ3v) is 2.46. The Bertz CT molecular complexity index is 457. The standard InChI is InChI=1S/C11H15N3/c1-8-4-5-14-9(2)10(7-12-3)13-11(14)6-8/h4-6,12H,7H2,1-3H3. The molecular weight excluding hydrogens is 174 g/mol. The van der Waals surface area contributed by atoms with Gasteiger partial charge in [0.05, 0.1) is 5.69 Å². The molecule has 0 saturated heterocycles. The molecule has 0 fully saturated rings. The fourth-order valence-electron chi connectivity index (χ4n) is 1.65. The predicted molar refractivity (Wildman–Crippen MR) is 57.4 cm³/mol. The van der Waals surface area contributed by atoms with Crippen LogP contribution in [0.1, 0.15) is 17.0 Å². The normalized spacial score (nSPS) is 11.1. The van der Waals surface area contributed by atoms with Crippen LogP contribution in [-0.2, 0) is 6.54 Å². The largest absolute Gasteiger partial charge is 0.314 e. The molecule has 0 unspecified atom stereocenters. The lowest BCUT2D eigenvalue weighted by atomic mass is 10.3. The van der Waals surface area contributed by atoms with Gasteiger partial charge in [-0.25, -0.2) is 4.98 Å². The molecule has 0 aliphatic carbocycles. The number of nitrogens with zero attached hydrogens (tertiary/aromatic N) is 2. The summed E-state index contributed by atoms with van der Waals surface area (Å²) in [5.74, 6) is 0. The minimum Gasteiger partial charge on any atom is -0.314 e. The Morgan fingerprint density at radius 2 is 2.21 bits per heavy atom. The van der Waals surface area contributed by atoms with Crippen LogP contribution in [0, 0.1) is 13.8 Å². The van der Waals surface area contributed by atoms with Gasteiger partial charge in [-0.05, 0) is 38.6 Å². The van der Waals surface area contributed by atoms with Gasteiger partial charge in [0.25, 0.3) is 0 Å². The van der Waals surface area contributed by atoms with Gasteiger partial charge in [0, 0.05) is 18.4 Å². The second-order valence-corrected chi connectivity index (χ2v) is 3.61. The number of pyridine rings is 1. The number of nitrogens with one attached hydrogen (secondary N) is 1. The van der Waals surface area contributed by atoms with Crippen LogP contribution in [-0.4, -0.2) is 16.4 Å². The van der Waals surface area contributed by atoms with Crippen molar-refractivity contribution in [1.82, 2.24) is 14.7 Å². The van der Waals surface area contributed by atoms with Gasteiger partial charge in [0.1, 0.15) is 5.65 Å². The summed E-state index contributed by atoms with van der Waals surface area (Å²) in [7, 11) is 1.94. The molecule has 3 nitrogen and oxygen atoms in total. The Balaban J connectivity index is 2.61. The lowest BCUT2D eigenvalue weighted by Gasteiger charge is -1.97. The first-order chi connectivity index (χ1) is 6.72. The number of aryl methyl sites for hydroxylation is 2. The molecule has 0 bridgehead atoms. The molecule has 0 aromatic carbocycles. The van der Waals surface area contributed by atoms with Crippen molar-refractivity contribution < 1.29 is 0 Å². The predicted octanol–water partition coefficient (Wildman–Crippen LogP) is 1.67. The Labute approximate surface area is 83.8 Å². The molecule has 2 heterocycles. The zero-order valence-electron chi connectivity index (χ0n) is 8.83. The van der Waals surface area contributed by atoms with Crippen LogP contribution < -0.4 is 5.32 Å². The molecular formula is C11H15N3. The molecule has 14 heavy (non-hydrogen) atoms. The van der Waals surface area contributed by atoms with Crippen LogP contribution in [0.4, 0.5) is 0 Å². The molecule has 0 saturated carbocycles. The Morgan fingerprint density at radius 1 is 1.43 bits per heavy atom. The zero-order valence-corrected chi connectivity index (χ0v) is 8.83. The van der Waals surface area contributed by atoms with Crippen LogP contribution in [0.25, 0.3) is 5.65 Å². The van der Waals surface area contributed by atoms with E-state index in [0.29, 0.717) is 0 Å². The van der Waals surface area contributed by atoms with E-state index in [-0.39, 0.29) is 0 Å². The molecule has 2 aromatic heterocycles. The molecule has 0 spiro atoms. The topological polar surface area (TPSA) is 29.3 Å². The molecule has 1 N–H and O–H groups in total. The first kappa shape index (κ1) is 9.21. The lowest BCUT2D eigenvalue weighted by molar-refractivity contribution is 0.790. The van der Waals surface area contributed by atoms with Gasteiger partial charge < -0.3 is 9.72 Å². The smallest absolute Gasteiger partial charge is 0.137 e. The number of hydrogen-bond acceptors (Lipinski definition) is 2. The van der Waals surface area contributed by atoms with Crippen molar-refractivity contribution in [3.63, 3.8) is 0 Å². The molecule has 2 aromatic rings. The van der Waals surface area contributed by atoms with Crippen molar-refractivity contribution in [3.05, 3.63) is 35.3 Å². The van der Waals surface area contributed by atoms with E-state index in [9.17, 15) is 0 Å². The van der Waals surface area contributed by atoms with Crippen molar-refractivity contribution in [1.29, 1.82) is 0 Å². The highest BCUT2D eigenvalue weighted by Crippen LogP contribution is 2.12. The van der Waals surface area contributed by atoms with Crippen molar-refractivity contribution in [2.45, 2.75) is 20.4 Å². The van der Waals surface area contributed by atoms with Crippen molar-refractivity contribution in [2.75, 3.05) is 7.05 Å². The lowest BCUT2D eigenvalue weighted by Crippen LogP contribution is -2.06. The molecule has 0 atom stereocenters. The molecule has 0 amide bonds. The number of rotatable bonds is 2. The van der Waals surface area contributed by atoms with E-state index >= 15 is 0 Å². The number of imidazole rings is 1. The summed E-state index contributed by atoms with van der Waals surface area (Å²) in [6, 6.07) is 4.21. The Morgan fingerprint density at radius 3 is 2.93 bits per heavy atom. The molecule has 0 radical (unpaired) electrons. The van der Waals surface area contributed by atoms with E-state index in [1.165, 1.54) is 11.3 Å². The molecule has 3 heteroatoms. The minimum absolute atomic E-state index is 0.826. The summed E-state index contributed by atoms with van der Waals surface area (Å²) in [6.07, 6.45) is 2.08. The monoisotopic (exact) mass is 189 g/mol. The first-order valence-electron chi connectivity index (χ1n) is 4.81. The van der Waals surface area contributed by atoms with Crippen LogP contribution in [0.2, 0.25) is 0 Å². The maximum Gasteiger partial charge on any atom is 0.137 e. The van der Waals surface area contributed by atoms with Gasteiger partial charge in [0.15, 0.2) is 0 Å². The molecule has 74 valence electrons. The number of hydrogen-bond donors (Lipinski definition) is 1. The molecule has 0 aliphatic rings. The highest BCUT2D eigenvalue weighted by molar-refractivity contribution is 5.45. The van der Waals surface area contributed by atoms with E-state index < -0.39 is 0 Å². The highest BCUT2D eigenvalue weighted by atomic mass is 15.0. The fraction of sp³-hybridized carbons (Fsp3) is 0.364. The molecule has 2 rings (SSSR count). The average molecular weight is 189 g/mol. The Hall–Kier alpha value is -1.35. The number of fused-ring (bicyclic) bond motifs is 1. The van der Waals surface area contributed by atoms with Gasteiger partial charge in [0.2, 0.25) is 0 Å². The summed E-state index contributed by atoms with van der Waals surface area (Å²) >= 11 is 0. The zero-order chi connectivity index (χ0) is 10.1. The van der Waals surface area contributed by atoms with Gasteiger partial charge >= 0.3 is 0 Å². The quantitative estimate of drug-likeness (QED) is 0.778. The van der Waals surface area contributed by atoms with E-state index in [1.807, 2.05) is 7.05 Å². The van der Waals surface area contributed by atoms with Gasteiger partial charge in [-0.2, -0.15) is 0 Å². The highest BCUT2D eigenvalue weighted by Gasteiger charge is 2.06. The number of aromatic nitrogens is 2. The first-order valence-corrected chi connectivity index (χ1v) is 4.81. The van der Waals surface area contributed by atoms with Crippen LogP contribution in [0.3, 0.4) is 0 Å². The van der Waals surface area contributed by atoms with Crippen molar-refractivity contribution >= 4 is 5.65 Å². The van der Waals surface area contributed by atoms with Gasteiger partial charge in [-0.3, -0.25) is 0 Å². The van der Waals surface area contributed by atoms with Gasteiger partial charge in [-0.1, -0.05) is 0 Å². The van der Waals surface area contributed by atoms with Crippen LogP contribution >= 0.6 is 0 Å². The average Bonchev–Trinajstić information content (AvgIpc) is 2.44. The summed E-state index contributed by atoms with van der Waals surface area (Å²) in [5.41, 5.74) is 4.62. The van der Waals surface area contributed by atoms with Gasteiger partial charge in [-0.15, -0.1) is 0 Å². The van der Waals surface area contributed by atoms with Crippen molar-refractivity contribution in [2.24, 2.45) is 0 Å². The van der Waals surface area contributed by atoms with E-state index in [2.05, 4.69) is 46.9 Å². The molecule has 0 aliphatic heterocycles. The summed E-state index contributed by atoms with van der Waals surface area (Å²) < 4.78 is 2.12. The van der Waals surface area contributed by atoms with E-state index in [4.69, 9.17) is 0 Å². The minimum atomic E-state index is 0.826. The van der Waals surface area contributed by atoms with E-state index in [0.717, 1.165) is 17.9 Å². The third kappa shape index (κ3) is 1.40. The van der Waals surface area contributed by atoms with E-state index in [1.54, 1.807) is 0 Å². The summed E-state index contributed by atoms with van der Waals surface area (Å²) in [6.45, 7) is 5.01. The Kier molecular flexibility index (Phi) is 2.25. The maximum atomic E-state index is 4.56. The SMILES string of the molecule is CNCc1nc2cc(C)ccn2c1C. The van der Waals surface area contributed by atoms with Crippen LogP contribution in [0.5, 0.6) is 0 Å². The van der Waals surface area contributed by atoms with Crippen LogP contribution in [0.15, 0.2) is 18.3 Å². The van der Waals surface area contributed by atoms with Crippen molar-refractivity contribution in [3.8, 4) is 0 Å². The fourth-order valence-corrected chi connectivity index (χ4v) is 1.65.